The number of anilines is 2. The van der Waals surface area contributed by atoms with E-state index in [4.69, 9.17) is 11.6 Å². The van der Waals surface area contributed by atoms with Gasteiger partial charge in [-0.25, -0.2) is 4.79 Å². The zero-order chi connectivity index (χ0) is 19.2. The van der Waals surface area contributed by atoms with Gasteiger partial charge in [-0.2, -0.15) is 13.2 Å². The fourth-order valence-corrected chi connectivity index (χ4v) is 2.11. The monoisotopic (exact) mass is 385 g/mol. The van der Waals surface area contributed by atoms with Gasteiger partial charge in [0.2, 0.25) is 5.91 Å². The van der Waals surface area contributed by atoms with Crippen LogP contribution in [0.15, 0.2) is 48.5 Å². The molecule has 0 fully saturated rings. The first-order valence-electron chi connectivity index (χ1n) is 7.47. The Bertz CT molecular complexity index is 762. The molecular formula is C17H15ClF3N3O2. The molecule has 0 bridgehead atoms. The predicted molar refractivity (Wildman–Crippen MR) is 93.3 cm³/mol. The van der Waals surface area contributed by atoms with Crippen LogP contribution in [0.4, 0.5) is 29.3 Å². The molecule has 0 unspecified atom stereocenters. The van der Waals surface area contributed by atoms with E-state index in [0.29, 0.717) is 22.0 Å². The molecule has 9 heteroatoms. The Labute approximate surface area is 152 Å². The molecule has 0 radical (unpaired) electrons. The van der Waals surface area contributed by atoms with Crippen molar-refractivity contribution >= 4 is 34.9 Å². The van der Waals surface area contributed by atoms with Crippen LogP contribution in [0.2, 0.25) is 5.02 Å². The molecule has 0 aromatic heterocycles. The Morgan fingerprint density at radius 1 is 0.885 bits per heavy atom. The lowest BCUT2D eigenvalue weighted by atomic mass is 10.1. The molecule has 138 valence electrons. The minimum atomic E-state index is -4.44. The Morgan fingerprint density at radius 3 is 1.88 bits per heavy atom. The standard InChI is InChI=1S/C17H15ClF3N3O2/c18-12-3-7-14(8-4-12)24-16(26)23-13-5-1-11(2-6-13)9-15(25)22-10-17(19,20)21/h1-8H,9-10H2,(H,22,25)(H2,23,24,26). The summed E-state index contributed by atoms with van der Waals surface area (Å²) in [6.45, 7) is -1.36. The number of alkyl halides is 3. The highest BCUT2D eigenvalue weighted by molar-refractivity contribution is 6.30. The lowest BCUT2D eigenvalue weighted by molar-refractivity contribution is -0.138. The van der Waals surface area contributed by atoms with Crippen molar-refractivity contribution in [3.63, 3.8) is 0 Å². The summed E-state index contributed by atoms with van der Waals surface area (Å²) in [4.78, 5) is 23.3. The molecule has 3 N–H and O–H groups in total. The third kappa shape index (κ3) is 7.02. The maximum Gasteiger partial charge on any atom is 0.405 e. The molecule has 0 aliphatic rings. The molecule has 0 saturated heterocycles. The molecule has 2 aromatic rings. The summed E-state index contributed by atoms with van der Waals surface area (Å²) < 4.78 is 36.1. The van der Waals surface area contributed by atoms with Gasteiger partial charge in [0.05, 0.1) is 6.42 Å². The zero-order valence-electron chi connectivity index (χ0n) is 13.4. The predicted octanol–water partition coefficient (Wildman–Crippen LogP) is 4.21. The first-order chi connectivity index (χ1) is 12.2. The fourth-order valence-electron chi connectivity index (χ4n) is 1.98. The van der Waals surface area contributed by atoms with Gasteiger partial charge in [-0.1, -0.05) is 23.7 Å². The highest BCUT2D eigenvalue weighted by atomic mass is 35.5. The molecule has 3 amide bonds. The third-order valence-electron chi connectivity index (χ3n) is 3.16. The van der Waals surface area contributed by atoms with Crippen LogP contribution in [-0.2, 0) is 11.2 Å². The largest absolute Gasteiger partial charge is 0.405 e. The van der Waals surface area contributed by atoms with E-state index in [1.54, 1.807) is 53.8 Å². The van der Waals surface area contributed by atoms with E-state index in [-0.39, 0.29) is 6.42 Å². The Hall–Kier alpha value is -2.74. The van der Waals surface area contributed by atoms with Crippen LogP contribution in [0.1, 0.15) is 5.56 Å². The topological polar surface area (TPSA) is 70.2 Å². The molecule has 0 aliphatic heterocycles. The summed E-state index contributed by atoms with van der Waals surface area (Å²) in [5.74, 6) is -0.733. The average molecular weight is 386 g/mol. The van der Waals surface area contributed by atoms with Crippen molar-refractivity contribution in [1.82, 2.24) is 5.32 Å². The van der Waals surface area contributed by atoms with E-state index in [0.717, 1.165) is 0 Å². The van der Waals surface area contributed by atoms with Gasteiger partial charge in [-0.15, -0.1) is 0 Å². The van der Waals surface area contributed by atoms with Crippen molar-refractivity contribution in [2.75, 3.05) is 17.2 Å². The minimum Gasteiger partial charge on any atom is -0.347 e. The number of rotatable bonds is 5. The summed E-state index contributed by atoms with van der Waals surface area (Å²) in [7, 11) is 0. The molecule has 0 atom stereocenters. The summed E-state index contributed by atoms with van der Waals surface area (Å²) in [6.07, 6.45) is -4.63. The van der Waals surface area contributed by atoms with E-state index in [2.05, 4.69) is 10.6 Å². The molecule has 26 heavy (non-hydrogen) atoms. The number of halogens is 4. The maximum absolute atomic E-state index is 12.0. The van der Waals surface area contributed by atoms with Gasteiger partial charge in [0.25, 0.3) is 0 Å². The van der Waals surface area contributed by atoms with Gasteiger partial charge in [-0.05, 0) is 42.0 Å². The van der Waals surface area contributed by atoms with E-state index in [1.807, 2.05) is 0 Å². The molecule has 0 saturated carbocycles. The van der Waals surface area contributed by atoms with Crippen LogP contribution in [0.5, 0.6) is 0 Å². The second-order valence-corrected chi connectivity index (χ2v) is 5.79. The van der Waals surface area contributed by atoms with E-state index >= 15 is 0 Å². The number of benzene rings is 2. The Balaban J connectivity index is 1.83. The van der Waals surface area contributed by atoms with E-state index < -0.39 is 24.7 Å². The molecule has 0 heterocycles. The number of hydrogen-bond acceptors (Lipinski definition) is 2. The van der Waals surface area contributed by atoms with Crippen molar-refractivity contribution in [2.24, 2.45) is 0 Å². The first kappa shape index (κ1) is 19.6. The lowest BCUT2D eigenvalue weighted by Gasteiger charge is -2.10. The normalized spacial score (nSPS) is 10.9. The van der Waals surface area contributed by atoms with Crippen LogP contribution >= 0.6 is 11.6 Å². The minimum absolute atomic E-state index is 0.187. The van der Waals surface area contributed by atoms with Gasteiger partial charge in [-0.3, -0.25) is 4.79 Å². The van der Waals surface area contributed by atoms with Gasteiger partial charge in [0, 0.05) is 16.4 Å². The second-order valence-electron chi connectivity index (χ2n) is 5.35. The molecule has 0 spiro atoms. The number of nitrogens with one attached hydrogen (secondary N) is 3. The fraction of sp³-hybridized carbons (Fsp3) is 0.176. The SMILES string of the molecule is O=C(Cc1ccc(NC(=O)Nc2ccc(Cl)cc2)cc1)NCC(F)(F)F. The van der Waals surface area contributed by atoms with Crippen LogP contribution < -0.4 is 16.0 Å². The average Bonchev–Trinajstić information content (AvgIpc) is 2.56. The van der Waals surface area contributed by atoms with Crippen molar-refractivity contribution < 1.29 is 22.8 Å². The number of carbonyl (C=O) groups excluding carboxylic acids is 2. The smallest absolute Gasteiger partial charge is 0.347 e. The Kier molecular flexibility index (Phi) is 6.46. The van der Waals surface area contributed by atoms with Gasteiger partial charge >= 0.3 is 12.2 Å². The number of urea groups is 1. The van der Waals surface area contributed by atoms with Crippen LogP contribution in [-0.4, -0.2) is 24.7 Å². The molecule has 0 aliphatic carbocycles. The Morgan fingerprint density at radius 2 is 1.38 bits per heavy atom. The number of amides is 3. The van der Waals surface area contributed by atoms with Crippen molar-refractivity contribution in [3.05, 3.63) is 59.1 Å². The zero-order valence-corrected chi connectivity index (χ0v) is 14.1. The molecule has 2 rings (SSSR count). The van der Waals surface area contributed by atoms with E-state index in [1.165, 1.54) is 0 Å². The van der Waals surface area contributed by atoms with Crippen LogP contribution in [0.25, 0.3) is 0 Å². The van der Waals surface area contributed by atoms with Crippen molar-refractivity contribution in [3.8, 4) is 0 Å². The first-order valence-corrected chi connectivity index (χ1v) is 7.85. The van der Waals surface area contributed by atoms with Gasteiger partial charge in [0.1, 0.15) is 6.54 Å². The quantitative estimate of drug-likeness (QED) is 0.721. The summed E-state index contributed by atoms with van der Waals surface area (Å²) in [5, 5.41) is 7.56. The van der Waals surface area contributed by atoms with E-state index in [9.17, 15) is 22.8 Å². The van der Waals surface area contributed by atoms with Crippen molar-refractivity contribution in [1.29, 1.82) is 0 Å². The van der Waals surface area contributed by atoms with Gasteiger partial charge in [0.15, 0.2) is 0 Å². The molecule has 5 nitrogen and oxygen atoms in total. The second kappa shape index (κ2) is 8.57. The maximum atomic E-state index is 12.0. The highest BCUT2D eigenvalue weighted by Gasteiger charge is 2.27. The summed E-state index contributed by atoms with van der Waals surface area (Å²) in [5.41, 5.74) is 1.55. The highest BCUT2D eigenvalue weighted by Crippen LogP contribution is 2.15. The summed E-state index contributed by atoms with van der Waals surface area (Å²) in [6, 6.07) is 12.3. The van der Waals surface area contributed by atoms with Crippen molar-refractivity contribution in [2.45, 2.75) is 12.6 Å². The van der Waals surface area contributed by atoms with Gasteiger partial charge < -0.3 is 16.0 Å². The lowest BCUT2D eigenvalue weighted by Crippen LogP contribution is -2.34. The number of hydrogen-bond donors (Lipinski definition) is 3. The molecule has 2 aromatic carbocycles. The van der Waals surface area contributed by atoms with Crippen LogP contribution in [0, 0.1) is 0 Å². The number of carbonyl (C=O) groups is 2. The summed E-state index contributed by atoms with van der Waals surface area (Å²) >= 11 is 5.76. The molecular weight excluding hydrogens is 371 g/mol. The van der Waals surface area contributed by atoms with Crippen LogP contribution in [0.3, 0.4) is 0 Å². The third-order valence-corrected chi connectivity index (χ3v) is 3.42.